The average Bonchev–Trinajstić information content (AvgIpc) is 1.86. The predicted molar refractivity (Wildman–Crippen MR) is 39.0 cm³/mol. The van der Waals surface area contributed by atoms with Crippen LogP contribution < -0.4 is 0 Å². The Kier molecular flexibility index (Phi) is 4.07. The normalized spacial score (nSPS) is 15.6. The Hall–Kier alpha value is -0.610. The summed E-state index contributed by atoms with van der Waals surface area (Å²) in [5.74, 6) is -0.469. The van der Waals surface area contributed by atoms with Crippen LogP contribution in [0.4, 0.5) is 0 Å². The molecule has 1 atom stereocenters. The van der Waals surface area contributed by atoms with Crippen LogP contribution in [0.2, 0.25) is 0 Å². The van der Waals surface area contributed by atoms with E-state index >= 15 is 0 Å². The van der Waals surface area contributed by atoms with Crippen molar-refractivity contribution >= 4 is 5.97 Å². The van der Waals surface area contributed by atoms with Crippen LogP contribution in [-0.4, -0.2) is 35.5 Å². The van der Waals surface area contributed by atoms with Gasteiger partial charge in [0.1, 0.15) is 0 Å². The van der Waals surface area contributed by atoms with Gasteiger partial charge in [0.15, 0.2) is 0 Å². The van der Waals surface area contributed by atoms with Gasteiger partial charge >= 0.3 is 5.97 Å². The maximum atomic E-state index is 10.6. The zero-order valence-corrected chi connectivity index (χ0v) is 6.83. The number of rotatable bonds is 4. The highest BCUT2D eigenvalue weighted by molar-refractivity contribution is 5.70. The molecular weight excluding hydrogens is 148 g/mol. The molecule has 0 aromatic rings. The summed E-state index contributed by atoms with van der Waals surface area (Å²) in [6.45, 7) is 1.35. The second-order valence-electron chi connectivity index (χ2n) is 2.72. The van der Waals surface area contributed by atoms with Crippen LogP contribution in [0.3, 0.4) is 0 Å². The van der Waals surface area contributed by atoms with E-state index in [1.165, 1.54) is 14.0 Å². The number of aliphatic hydroxyl groups excluding tert-OH is 1. The van der Waals surface area contributed by atoms with Crippen LogP contribution in [0.15, 0.2) is 0 Å². The molecule has 0 aliphatic carbocycles. The first-order valence-corrected chi connectivity index (χ1v) is 3.42. The minimum atomic E-state index is -1.15. The summed E-state index contributed by atoms with van der Waals surface area (Å²) in [6.07, 6.45) is 0.103. The minimum Gasteiger partial charge on any atom is -0.469 e. The largest absolute Gasteiger partial charge is 0.469 e. The molecule has 0 bridgehead atoms. The summed E-state index contributed by atoms with van der Waals surface area (Å²) in [5.41, 5.74) is -1.15. The van der Waals surface area contributed by atoms with Gasteiger partial charge in [-0.1, -0.05) is 0 Å². The Bertz CT molecular complexity index is 130. The van der Waals surface area contributed by atoms with Crippen molar-refractivity contribution in [3.8, 4) is 0 Å². The van der Waals surface area contributed by atoms with Crippen molar-refractivity contribution in [1.82, 2.24) is 0 Å². The quantitative estimate of drug-likeness (QED) is 0.556. The lowest BCUT2D eigenvalue weighted by Crippen LogP contribution is -2.29. The summed E-state index contributed by atoms with van der Waals surface area (Å²) in [6, 6.07) is 0. The van der Waals surface area contributed by atoms with E-state index in [1.807, 2.05) is 0 Å². The second kappa shape index (κ2) is 4.31. The molecule has 0 saturated carbocycles. The number of hydrogen-bond donors (Lipinski definition) is 2. The van der Waals surface area contributed by atoms with Crippen molar-refractivity contribution in [3.63, 3.8) is 0 Å². The molecule has 2 N–H and O–H groups in total. The van der Waals surface area contributed by atoms with Crippen molar-refractivity contribution < 1.29 is 19.7 Å². The van der Waals surface area contributed by atoms with Gasteiger partial charge < -0.3 is 14.9 Å². The third-order valence-electron chi connectivity index (χ3n) is 1.40. The lowest BCUT2D eigenvalue weighted by molar-refractivity contribution is -0.146. The third kappa shape index (κ3) is 4.75. The molecule has 0 amide bonds. The molecule has 11 heavy (non-hydrogen) atoms. The van der Waals surface area contributed by atoms with Gasteiger partial charge in [0, 0.05) is 6.61 Å². The van der Waals surface area contributed by atoms with Gasteiger partial charge in [-0.05, 0) is 13.3 Å². The fourth-order valence-corrected chi connectivity index (χ4v) is 0.712. The van der Waals surface area contributed by atoms with Crippen LogP contribution in [0.1, 0.15) is 19.8 Å². The molecule has 0 aliphatic heterocycles. The molecule has 0 aliphatic rings. The van der Waals surface area contributed by atoms with Crippen LogP contribution in [0, 0.1) is 0 Å². The number of aliphatic hydroxyl groups is 2. The third-order valence-corrected chi connectivity index (χ3v) is 1.40. The predicted octanol–water partition coefficient (Wildman–Crippen LogP) is -0.317. The summed E-state index contributed by atoms with van der Waals surface area (Å²) in [4.78, 5) is 10.6. The Labute approximate surface area is 65.8 Å². The highest BCUT2D eigenvalue weighted by atomic mass is 16.5. The van der Waals surface area contributed by atoms with Gasteiger partial charge in [0.25, 0.3) is 0 Å². The van der Waals surface area contributed by atoms with Crippen LogP contribution in [-0.2, 0) is 9.53 Å². The van der Waals surface area contributed by atoms with E-state index in [4.69, 9.17) is 5.11 Å². The maximum Gasteiger partial charge on any atom is 0.308 e. The van der Waals surface area contributed by atoms with Crippen LogP contribution in [0.25, 0.3) is 0 Å². The number of hydrogen-bond acceptors (Lipinski definition) is 4. The highest BCUT2D eigenvalue weighted by Crippen LogP contribution is 2.13. The molecule has 0 aromatic heterocycles. The molecular formula is C7H14O4. The standard InChI is InChI=1S/C7H14O4/c1-7(10,3-4-8)5-6(9)11-2/h8,10H,3-5H2,1-2H3/t7-/m1/s1. The molecule has 0 unspecified atom stereocenters. The van der Waals surface area contributed by atoms with Gasteiger partial charge in [0.2, 0.25) is 0 Å². The van der Waals surface area contributed by atoms with E-state index in [0.717, 1.165) is 0 Å². The van der Waals surface area contributed by atoms with Crippen LogP contribution in [0.5, 0.6) is 0 Å². The molecule has 0 rings (SSSR count). The molecule has 4 nitrogen and oxygen atoms in total. The lowest BCUT2D eigenvalue weighted by atomic mass is 9.99. The van der Waals surface area contributed by atoms with E-state index in [9.17, 15) is 9.90 Å². The Balaban J connectivity index is 3.80. The van der Waals surface area contributed by atoms with Gasteiger partial charge in [0.05, 0.1) is 19.1 Å². The summed E-state index contributed by atoms with van der Waals surface area (Å²) in [7, 11) is 1.26. The number of ether oxygens (including phenoxy) is 1. The van der Waals surface area contributed by atoms with E-state index in [0.29, 0.717) is 0 Å². The lowest BCUT2D eigenvalue weighted by Gasteiger charge is -2.19. The molecule has 0 radical (unpaired) electrons. The summed E-state index contributed by atoms with van der Waals surface area (Å²) >= 11 is 0. The SMILES string of the molecule is COC(=O)C[C@](C)(O)CCO. The van der Waals surface area contributed by atoms with Gasteiger partial charge in [-0.3, -0.25) is 4.79 Å². The van der Waals surface area contributed by atoms with E-state index in [1.54, 1.807) is 0 Å². The zero-order chi connectivity index (χ0) is 8.91. The fraction of sp³-hybridized carbons (Fsp3) is 0.857. The first-order valence-electron chi connectivity index (χ1n) is 3.42. The Morgan fingerprint density at radius 3 is 2.55 bits per heavy atom. The van der Waals surface area contributed by atoms with E-state index in [-0.39, 0.29) is 19.4 Å². The zero-order valence-electron chi connectivity index (χ0n) is 6.83. The van der Waals surface area contributed by atoms with Crippen molar-refractivity contribution in [1.29, 1.82) is 0 Å². The molecule has 0 aromatic carbocycles. The topological polar surface area (TPSA) is 66.8 Å². The number of methoxy groups -OCH3 is 1. The first-order chi connectivity index (χ1) is 5.02. The smallest absolute Gasteiger partial charge is 0.308 e. The van der Waals surface area contributed by atoms with Crippen LogP contribution >= 0.6 is 0 Å². The summed E-state index contributed by atoms with van der Waals surface area (Å²) < 4.78 is 4.35. The Morgan fingerprint density at radius 2 is 2.18 bits per heavy atom. The van der Waals surface area contributed by atoms with Gasteiger partial charge in [-0.25, -0.2) is 0 Å². The molecule has 0 fully saturated rings. The molecule has 0 saturated heterocycles. The van der Waals surface area contributed by atoms with Crippen molar-refractivity contribution in [2.75, 3.05) is 13.7 Å². The molecule has 0 spiro atoms. The minimum absolute atomic E-state index is 0.0793. The van der Waals surface area contributed by atoms with Crippen molar-refractivity contribution in [2.45, 2.75) is 25.4 Å². The molecule has 4 heteroatoms. The molecule has 66 valence electrons. The summed E-state index contributed by atoms with van der Waals surface area (Å²) in [5, 5.41) is 17.8. The van der Waals surface area contributed by atoms with E-state index < -0.39 is 11.6 Å². The monoisotopic (exact) mass is 162 g/mol. The first kappa shape index (κ1) is 10.4. The van der Waals surface area contributed by atoms with Crippen molar-refractivity contribution in [3.05, 3.63) is 0 Å². The molecule has 0 heterocycles. The van der Waals surface area contributed by atoms with E-state index in [2.05, 4.69) is 4.74 Å². The Morgan fingerprint density at radius 1 is 1.64 bits per heavy atom. The average molecular weight is 162 g/mol. The maximum absolute atomic E-state index is 10.6. The second-order valence-corrected chi connectivity index (χ2v) is 2.72. The van der Waals surface area contributed by atoms with Gasteiger partial charge in [-0.2, -0.15) is 0 Å². The van der Waals surface area contributed by atoms with Crippen molar-refractivity contribution in [2.24, 2.45) is 0 Å². The number of carbonyl (C=O) groups excluding carboxylic acids is 1. The number of esters is 1. The highest BCUT2D eigenvalue weighted by Gasteiger charge is 2.23. The number of carbonyl (C=O) groups is 1. The fourth-order valence-electron chi connectivity index (χ4n) is 0.712. The van der Waals surface area contributed by atoms with Gasteiger partial charge in [-0.15, -0.1) is 0 Å².